The maximum Gasteiger partial charge on any atom is 0.411 e. The largest absolute Gasteiger partial charge is 0.444 e. The number of nitrogens with zero attached hydrogens (tertiary/aromatic N) is 4. The van der Waals surface area contributed by atoms with Gasteiger partial charge in [-0.05, 0) is 46.6 Å². The van der Waals surface area contributed by atoms with E-state index in [9.17, 15) is 4.79 Å². The van der Waals surface area contributed by atoms with Crippen molar-refractivity contribution >= 4 is 11.7 Å². The molecule has 3 heterocycles. The van der Waals surface area contributed by atoms with E-state index in [1.54, 1.807) is 12.4 Å². The van der Waals surface area contributed by atoms with E-state index in [1.165, 1.54) is 0 Å². The van der Waals surface area contributed by atoms with Gasteiger partial charge in [0, 0.05) is 18.8 Å². The van der Waals surface area contributed by atoms with E-state index in [4.69, 9.17) is 4.74 Å². The van der Waals surface area contributed by atoms with Gasteiger partial charge in [-0.25, -0.2) is 14.3 Å². The molecule has 22 heavy (non-hydrogen) atoms. The summed E-state index contributed by atoms with van der Waals surface area (Å²) in [6.45, 7) is 8.42. The Morgan fingerprint density at radius 2 is 2.09 bits per heavy atom. The van der Waals surface area contributed by atoms with Crippen LogP contribution in [0.5, 0.6) is 0 Å². The standard InChI is InChI=1S/C16H22N4O2/c1-15(2,3)22-14(21)19-11-5-8-16(19,4)12-6-9-17-13-7-10-18-20(12)13/h6-7,9-10H,5,8,11H2,1-4H3/t16-/m0/s1. The first-order chi connectivity index (χ1) is 10.3. The van der Waals surface area contributed by atoms with E-state index in [2.05, 4.69) is 17.0 Å². The minimum absolute atomic E-state index is 0.274. The van der Waals surface area contributed by atoms with E-state index in [0.29, 0.717) is 6.54 Å². The predicted molar refractivity (Wildman–Crippen MR) is 82.5 cm³/mol. The first-order valence-electron chi connectivity index (χ1n) is 7.61. The van der Waals surface area contributed by atoms with Crippen molar-refractivity contribution in [3.63, 3.8) is 0 Å². The molecule has 2 aromatic rings. The number of amides is 1. The first kappa shape index (κ1) is 14.8. The predicted octanol–water partition coefficient (Wildman–Crippen LogP) is 2.98. The summed E-state index contributed by atoms with van der Waals surface area (Å²) in [5.74, 6) is 0. The molecule has 0 bridgehead atoms. The van der Waals surface area contributed by atoms with Gasteiger partial charge in [-0.1, -0.05) is 0 Å². The quantitative estimate of drug-likeness (QED) is 0.812. The van der Waals surface area contributed by atoms with Crippen LogP contribution in [-0.4, -0.2) is 37.7 Å². The number of aromatic nitrogens is 3. The molecular weight excluding hydrogens is 280 g/mol. The molecule has 1 amide bonds. The van der Waals surface area contributed by atoms with E-state index in [-0.39, 0.29) is 6.09 Å². The highest BCUT2D eigenvalue weighted by Gasteiger charge is 2.44. The second-order valence-corrected chi connectivity index (χ2v) is 6.94. The number of hydrogen-bond donors (Lipinski definition) is 0. The van der Waals surface area contributed by atoms with Gasteiger partial charge in [-0.2, -0.15) is 5.10 Å². The van der Waals surface area contributed by atoms with Gasteiger partial charge in [0.05, 0.1) is 17.4 Å². The summed E-state index contributed by atoms with van der Waals surface area (Å²) in [4.78, 5) is 18.7. The summed E-state index contributed by atoms with van der Waals surface area (Å²) < 4.78 is 7.38. The third-order valence-corrected chi connectivity index (χ3v) is 4.10. The number of likely N-dealkylation sites (tertiary alicyclic amines) is 1. The number of carbonyl (C=O) groups is 1. The van der Waals surface area contributed by atoms with Gasteiger partial charge >= 0.3 is 6.09 Å². The fourth-order valence-corrected chi connectivity index (χ4v) is 3.08. The molecule has 118 valence electrons. The minimum Gasteiger partial charge on any atom is -0.444 e. The summed E-state index contributed by atoms with van der Waals surface area (Å²) in [7, 11) is 0. The smallest absolute Gasteiger partial charge is 0.411 e. The highest BCUT2D eigenvalue weighted by atomic mass is 16.6. The lowest BCUT2D eigenvalue weighted by Gasteiger charge is -2.36. The molecule has 1 aliphatic heterocycles. The number of ether oxygens (including phenoxy) is 1. The van der Waals surface area contributed by atoms with Crippen LogP contribution in [0.2, 0.25) is 0 Å². The molecule has 3 rings (SSSR count). The topological polar surface area (TPSA) is 59.7 Å². The molecule has 1 saturated heterocycles. The summed E-state index contributed by atoms with van der Waals surface area (Å²) in [5.41, 5.74) is 0.815. The molecule has 1 fully saturated rings. The van der Waals surface area contributed by atoms with Gasteiger partial charge in [0.25, 0.3) is 0 Å². The molecule has 0 N–H and O–H groups in total. The number of rotatable bonds is 1. The Morgan fingerprint density at radius 3 is 2.82 bits per heavy atom. The SMILES string of the molecule is CC(C)(C)OC(=O)N1CCC[C@@]1(C)c1ccnc2ccnn12. The summed E-state index contributed by atoms with van der Waals surface area (Å²) in [6, 6.07) is 3.79. The van der Waals surface area contributed by atoms with Crippen LogP contribution in [0.4, 0.5) is 4.79 Å². The molecule has 0 radical (unpaired) electrons. The number of fused-ring (bicyclic) bond motifs is 1. The average Bonchev–Trinajstić information content (AvgIpc) is 3.02. The van der Waals surface area contributed by atoms with E-state index in [0.717, 1.165) is 24.2 Å². The minimum atomic E-state index is -0.500. The Bertz CT molecular complexity index is 703. The van der Waals surface area contributed by atoms with Gasteiger partial charge in [0.1, 0.15) is 5.60 Å². The highest BCUT2D eigenvalue weighted by Crippen LogP contribution is 2.39. The molecule has 0 aromatic carbocycles. The Morgan fingerprint density at radius 1 is 1.32 bits per heavy atom. The molecule has 6 heteroatoms. The lowest BCUT2D eigenvalue weighted by Crippen LogP contribution is -2.46. The molecule has 0 spiro atoms. The molecular formula is C16H22N4O2. The van der Waals surface area contributed by atoms with Crippen molar-refractivity contribution in [3.8, 4) is 0 Å². The zero-order valence-electron chi connectivity index (χ0n) is 13.5. The van der Waals surface area contributed by atoms with Gasteiger partial charge in [0.15, 0.2) is 5.65 Å². The van der Waals surface area contributed by atoms with Crippen LogP contribution in [0, 0.1) is 0 Å². The Labute approximate surface area is 130 Å². The molecule has 0 aliphatic carbocycles. The molecule has 0 saturated carbocycles. The van der Waals surface area contributed by atoms with Crippen molar-refractivity contribution < 1.29 is 9.53 Å². The van der Waals surface area contributed by atoms with Crippen LogP contribution < -0.4 is 0 Å². The highest BCUT2D eigenvalue weighted by molar-refractivity contribution is 5.70. The lowest BCUT2D eigenvalue weighted by atomic mass is 9.94. The Balaban J connectivity index is 2.00. The van der Waals surface area contributed by atoms with Crippen molar-refractivity contribution in [2.75, 3.05) is 6.54 Å². The van der Waals surface area contributed by atoms with Crippen LogP contribution in [-0.2, 0) is 10.3 Å². The van der Waals surface area contributed by atoms with Gasteiger partial charge in [-0.15, -0.1) is 0 Å². The van der Waals surface area contributed by atoms with Crippen LogP contribution in [0.3, 0.4) is 0 Å². The summed E-state index contributed by atoms with van der Waals surface area (Å²) >= 11 is 0. The summed E-state index contributed by atoms with van der Waals surface area (Å²) in [6.07, 6.45) is 5.04. The summed E-state index contributed by atoms with van der Waals surface area (Å²) in [5, 5.41) is 4.35. The third-order valence-electron chi connectivity index (χ3n) is 4.10. The van der Waals surface area contributed by atoms with Crippen molar-refractivity contribution in [1.82, 2.24) is 19.5 Å². The molecule has 2 aromatic heterocycles. The molecule has 1 aliphatic rings. The van der Waals surface area contributed by atoms with Crippen LogP contribution in [0.1, 0.15) is 46.2 Å². The zero-order valence-corrected chi connectivity index (χ0v) is 13.5. The normalized spacial score (nSPS) is 22.3. The maximum atomic E-state index is 12.6. The van der Waals surface area contributed by atoms with Gasteiger partial charge < -0.3 is 4.74 Å². The second kappa shape index (κ2) is 4.97. The van der Waals surface area contributed by atoms with E-state index >= 15 is 0 Å². The fraction of sp³-hybridized carbons (Fsp3) is 0.562. The monoisotopic (exact) mass is 302 g/mol. The molecule has 6 nitrogen and oxygen atoms in total. The second-order valence-electron chi connectivity index (χ2n) is 6.94. The molecule has 1 atom stereocenters. The number of carbonyl (C=O) groups excluding carboxylic acids is 1. The van der Waals surface area contributed by atoms with Crippen LogP contribution >= 0.6 is 0 Å². The third kappa shape index (κ3) is 2.42. The average molecular weight is 302 g/mol. The fourth-order valence-electron chi connectivity index (χ4n) is 3.08. The van der Waals surface area contributed by atoms with Crippen LogP contribution in [0.15, 0.2) is 24.5 Å². The molecule has 0 unspecified atom stereocenters. The first-order valence-corrected chi connectivity index (χ1v) is 7.61. The van der Waals surface area contributed by atoms with E-state index < -0.39 is 11.1 Å². The van der Waals surface area contributed by atoms with E-state index in [1.807, 2.05) is 42.3 Å². The van der Waals surface area contributed by atoms with Crippen molar-refractivity contribution in [2.45, 2.75) is 51.7 Å². The number of hydrogen-bond acceptors (Lipinski definition) is 4. The zero-order chi connectivity index (χ0) is 16.0. The maximum absolute atomic E-state index is 12.6. The van der Waals surface area contributed by atoms with Gasteiger partial charge in [-0.3, -0.25) is 4.90 Å². The van der Waals surface area contributed by atoms with Crippen molar-refractivity contribution in [3.05, 3.63) is 30.2 Å². The Hall–Kier alpha value is -2.11. The van der Waals surface area contributed by atoms with Gasteiger partial charge in [0.2, 0.25) is 0 Å². The van der Waals surface area contributed by atoms with Crippen molar-refractivity contribution in [2.24, 2.45) is 0 Å². The van der Waals surface area contributed by atoms with Crippen molar-refractivity contribution in [1.29, 1.82) is 0 Å². The Kier molecular flexibility index (Phi) is 3.34. The van der Waals surface area contributed by atoms with Crippen LogP contribution in [0.25, 0.3) is 5.65 Å². The lowest BCUT2D eigenvalue weighted by molar-refractivity contribution is 0.00894.